The Morgan fingerprint density at radius 2 is 2.31 bits per heavy atom. The minimum Gasteiger partial charge on any atom is -0.465 e. The molecule has 0 amide bonds. The van der Waals surface area contributed by atoms with Crippen LogP contribution < -0.4 is 5.56 Å². The maximum absolute atomic E-state index is 11.5. The summed E-state index contributed by atoms with van der Waals surface area (Å²) in [6.45, 7) is 1.50. The zero-order valence-electron chi connectivity index (χ0n) is 8.58. The number of nitrogens with zero attached hydrogens (tertiary/aromatic N) is 2. The van der Waals surface area contributed by atoms with Gasteiger partial charge in [-0.3, -0.25) is 24.3 Å². The van der Waals surface area contributed by atoms with E-state index < -0.39 is 22.1 Å². The topological polar surface area (TPSA) is 91.4 Å². The number of esters is 1. The number of rotatable bonds is 4. The van der Waals surface area contributed by atoms with Crippen LogP contribution in [0.15, 0.2) is 23.1 Å². The first kappa shape index (κ1) is 11.9. The Labute approximate surface area is 90.4 Å². The zero-order chi connectivity index (χ0) is 12.1. The number of pyridine rings is 1. The molecular formula is C9H10N2O5. The average Bonchev–Trinajstić information content (AvgIpc) is 2.21. The maximum Gasteiger partial charge on any atom is 0.334 e. The second kappa shape index (κ2) is 5.06. The van der Waals surface area contributed by atoms with Gasteiger partial charge < -0.3 is 4.74 Å². The van der Waals surface area contributed by atoms with Gasteiger partial charge in [-0.05, 0) is 13.0 Å². The van der Waals surface area contributed by atoms with E-state index in [0.717, 1.165) is 10.6 Å². The molecule has 1 aromatic heterocycles. The third-order valence-electron chi connectivity index (χ3n) is 1.80. The molecule has 7 nitrogen and oxygen atoms in total. The van der Waals surface area contributed by atoms with Crippen molar-refractivity contribution in [2.75, 3.05) is 6.61 Å². The van der Waals surface area contributed by atoms with Crippen LogP contribution in [0.5, 0.6) is 0 Å². The molecule has 0 aliphatic carbocycles. The number of carbonyl (C=O) groups excluding carboxylic acids is 1. The van der Waals surface area contributed by atoms with E-state index in [1.165, 1.54) is 12.3 Å². The number of ether oxygens (including phenoxy) is 1. The second-order valence-corrected chi connectivity index (χ2v) is 2.89. The van der Waals surface area contributed by atoms with Crippen molar-refractivity contribution in [3.8, 4) is 0 Å². The van der Waals surface area contributed by atoms with Crippen molar-refractivity contribution in [3.05, 3.63) is 38.8 Å². The maximum atomic E-state index is 11.5. The van der Waals surface area contributed by atoms with E-state index in [0.29, 0.717) is 0 Å². The molecular weight excluding hydrogens is 216 g/mol. The van der Waals surface area contributed by atoms with Gasteiger partial charge in [-0.1, -0.05) is 0 Å². The predicted octanol–water partition coefficient (Wildman–Crippen LogP) is 0.320. The van der Waals surface area contributed by atoms with Crippen molar-refractivity contribution >= 4 is 11.7 Å². The molecule has 86 valence electrons. The summed E-state index contributed by atoms with van der Waals surface area (Å²) >= 11 is 0. The van der Waals surface area contributed by atoms with Crippen LogP contribution in [0.25, 0.3) is 0 Å². The van der Waals surface area contributed by atoms with Gasteiger partial charge in [-0.2, -0.15) is 0 Å². The lowest BCUT2D eigenvalue weighted by atomic mass is 10.4. The highest BCUT2D eigenvalue weighted by Gasteiger charge is 2.15. The Hall–Kier alpha value is -2.18. The van der Waals surface area contributed by atoms with Crippen LogP contribution >= 0.6 is 0 Å². The molecule has 0 radical (unpaired) electrons. The number of carbonyl (C=O) groups is 1. The van der Waals surface area contributed by atoms with Gasteiger partial charge >= 0.3 is 17.2 Å². The third-order valence-corrected chi connectivity index (χ3v) is 1.80. The van der Waals surface area contributed by atoms with Crippen molar-refractivity contribution < 1.29 is 14.5 Å². The largest absolute Gasteiger partial charge is 0.465 e. The molecule has 0 atom stereocenters. The summed E-state index contributed by atoms with van der Waals surface area (Å²) in [5.74, 6) is -0.606. The molecule has 0 unspecified atom stereocenters. The van der Waals surface area contributed by atoms with Crippen LogP contribution in [0, 0.1) is 10.1 Å². The smallest absolute Gasteiger partial charge is 0.334 e. The van der Waals surface area contributed by atoms with Gasteiger partial charge in [0.2, 0.25) is 0 Å². The summed E-state index contributed by atoms with van der Waals surface area (Å²) in [6, 6.07) is 2.42. The van der Waals surface area contributed by atoms with E-state index in [4.69, 9.17) is 0 Å². The molecule has 0 fully saturated rings. The van der Waals surface area contributed by atoms with Gasteiger partial charge in [0, 0.05) is 12.3 Å². The van der Waals surface area contributed by atoms with Crippen molar-refractivity contribution in [2.45, 2.75) is 13.5 Å². The molecule has 1 aromatic rings. The van der Waals surface area contributed by atoms with E-state index in [9.17, 15) is 19.7 Å². The van der Waals surface area contributed by atoms with Crippen molar-refractivity contribution in [1.82, 2.24) is 4.57 Å². The minimum atomic E-state index is -0.819. The summed E-state index contributed by atoms with van der Waals surface area (Å²) in [4.78, 5) is 32.2. The van der Waals surface area contributed by atoms with Gasteiger partial charge in [-0.25, -0.2) is 0 Å². The lowest BCUT2D eigenvalue weighted by Crippen LogP contribution is -2.26. The van der Waals surface area contributed by atoms with Crippen LogP contribution in [-0.2, 0) is 16.1 Å². The molecule has 0 aliphatic heterocycles. The lowest BCUT2D eigenvalue weighted by molar-refractivity contribution is -0.386. The minimum absolute atomic E-state index is 0.197. The highest BCUT2D eigenvalue weighted by molar-refractivity contribution is 5.69. The summed E-state index contributed by atoms with van der Waals surface area (Å²) in [5, 5.41) is 10.5. The molecule has 16 heavy (non-hydrogen) atoms. The Kier molecular flexibility index (Phi) is 3.76. The van der Waals surface area contributed by atoms with Crippen molar-refractivity contribution in [3.63, 3.8) is 0 Å². The lowest BCUT2D eigenvalue weighted by Gasteiger charge is -2.04. The first-order valence-corrected chi connectivity index (χ1v) is 4.55. The standard InChI is InChI=1S/C9H10N2O5/c1-2-16-8(12)6-10-5-3-4-7(9(10)13)11(14)15/h3-5H,2,6H2,1H3. The number of hydrogen-bond donors (Lipinski definition) is 0. The Morgan fingerprint density at radius 3 is 2.88 bits per heavy atom. The summed E-state index contributed by atoms with van der Waals surface area (Å²) in [7, 11) is 0. The van der Waals surface area contributed by atoms with Crippen LogP contribution in [0.4, 0.5) is 5.69 Å². The number of aromatic nitrogens is 1. The highest BCUT2D eigenvalue weighted by atomic mass is 16.6. The van der Waals surface area contributed by atoms with E-state index in [1.54, 1.807) is 6.92 Å². The van der Waals surface area contributed by atoms with Crippen molar-refractivity contribution in [1.29, 1.82) is 0 Å². The van der Waals surface area contributed by atoms with Gasteiger partial charge in [0.15, 0.2) is 0 Å². The van der Waals surface area contributed by atoms with Gasteiger partial charge in [-0.15, -0.1) is 0 Å². The molecule has 7 heteroatoms. The van der Waals surface area contributed by atoms with E-state index in [1.807, 2.05) is 0 Å². The fourth-order valence-corrected chi connectivity index (χ4v) is 1.13. The molecule has 1 rings (SSSR count). The quantitative estimate of drug-likeness (QED) is 0.419. The molecule has 1 heterocycles. The first-order valence-electron chi connectivity index (χ1n) is 4.55. The fourth-order valence-electron chi connectivity index (χ4n) is 1.13. The van der Waals surface area contributed by atoms with E-state index >= 15 is 0 Å². The predicted molar refractivity (Wildman–Crippen MR) is 54.0 cm³/mol. The summed E-state index contributed by atoms with van der Waals surface area (Å²) < 4.78 is 5.57. The Balaban J connectivity index is 2.98. The monoisotopic (exact) mass is 226 g/mol. The highest BCUT2D eigenvalue weighted by Crippen LogP contribution is 2.01. The van der Waals surface area contributed by atoms with Gasteiger partial charge in [0.25, 0.3) is 0 Å². The Bertz CT molecular complexity index is 465. The van der Waals surface area contributed by atoms with E-state index in [2.05, 4.69) is 4.74 Å². The third kappa shape index (κ3) is 2.66. The fraction of sp³-hybridized carbons (Fsp3) is 0.333. The molecule has 0 saturated carbocycles. The summed E-state index contributed by atoms with van der Waals surface area (Å²) in [6.07, 6.45) is 1.30. The van der Waals surface area contributed by atoms with Gasteiger partial charge in [0.1, 0.15) is 6.54 Å². The van der Waals surface area contributed by atoms with Gasteiger partial charge in [0.05, 0.1) is 11.5 Å². The van der Waals surface area contributed by atoms with Crippen LogP contribution in [0.1, 0.15) is 6.92 Å². The number of hydrogen-bond acceptors (Lipinski definition) is 5. The molecule has 0 aliphatic rings. The second-order valence-electron chi connectivity index (χ2n) is 2.89. The zero-order valence-corrected chi connectivity index (χ0v) is 8.58. The Morgan fingerprint density at radius 1 is 1.62 bits per heavy atom. The van der Waals surface area contributed by atoms with Crippen LogP contribution in [0.3, 0.4) is 0 Å². The molecule has 0 spiro atoms. The van der Waals surface area contributed by atoms with E-state index in [-0.39, 0.29) is 13.2 Å². The molecule has 0 saturated heterocycles. The molecule has 0 bridgehead atoms. The van der Waals surface area contributed by atoms with Crippen LogP contribution in [0.2, 0.25) is 0 Å². The molecule has 0 N–H and O–H groups in total. The molecule has 0 aromatic carbocycles. The normalized spacial score (nSPS) is 9.81. The SMILES string of the molecule is CCOC(=O)Cn1cccc([N+](=O)[O-])c1=O. The van der Waals surface area contributed by atoms with Crippen molar-refractivity contribution in [2.24, 2.45) is 0 Å². The first-order chi connectivity index (χ1) is 7.56. The average molecular weight is 226 g/mol. The summed E-state index contributed by atoms with van der Waals surface area (Å²) in [5.41, 5.74) is -1.38. The van der Waals surface area contributed by atoms with Crippen LogP contribution in [-0.4, -0.2) is 22.1 Å². The number of nitro groups is 1.